The van der Waals surface area contributed by atoms with Crippen molar-refractivity contribution in [2.75, 3.05) is 6.54 Å². The summed E-state index contributed by atoms with van der Waals surface area (Å²) in [7, 11) is 0. The number of rotatable bonds is 0. The molecule has 0 saturated heterocycles. The summed E-state index contributed by atoms with van der Waals surface area (Å²) >= 11 is 0. The molecule has 12 heavy (non-hydrogen) atoms. The fourth-order valence-corrected chi connectivity index (χ4v) is 1.85. The van der Waals surface area contributed by atoms with E-state index in [4.69, 9.17) is 0 Å². The van der Waals surface area contributed by atoms with Crippen LogP contribution in [0.1, 0.15) is 26.2 Å². The maximum absolute atomic E-state index is 11.4. The van der Waals surface area contributed by atoms with Crippen molar-refractivity contribution in [3.8, 4) is 0 Å². The van der Waals surface area contributed by atoms with Crippen LogP contribution in [0.15, 0.2) is 23.4 Å². The van der Waals surface area contributed by atoms with Gasteiger partial charge in [0, 0.05) is 18.7 Å². The second-order valence-electron chi connectivity index (χ2n) is 3.35. The van der Waals surface area contributed by atoms with E-state index < -0.39 is 0 Å². The van der Waals surface area contributed by atoms with Gasteiger partial charge in [-0.25, -0.2) is 0 Å². The molecule has 0 aliphatic carbocycles. The standard InChI is InChI=1S/C10H13NO/c1-8-4-3-7-11-9(8)5-2-6-10(11)12/h4-5H,2-3,6-7H2,1H3. The first-order chi connectivity index (χ1) is 5.79. The van der Waals surface area contributed by atoms with Crippen LogP contribution in [0.4, 0.5) is 0 Å². The van der Waals surface area contributed by atoms with E-state index in [9.17, 15) is 4.79 Å². The number of fused-ring (bicyclic) bond motifs is 1. The van der Waals surface area contributed by atoms with E-state index in [1.807, 2.05) is 4.90 Å². The average Bonchev–Trinajstić information content (AvgIpc) is 2.07. The van der Waals surface area contributed by atoms with Gasteiger partial charge < -0.3 is 4.90 Å². The predicted octanol–water partition coefficient (Wildman–Crippen LogP) is 1.84. The summed E-state index contributed by atoms with van der Waals surface area (Å²) in [6.45, 7) is 2.96. The number of carbonyl (C=O) groups excluding carboxylic acids is 1. The van der Waals surface area contributed by atoms with Crippen molar-refractivity contribution in [3.05, 3.63) is 23.4 Å². The summed E-state index contributed by atoms with van der Waals surface area (Å²) in [5, 5.41) is 0. The number of amides is 1. The Hall–Kier alpha value is -1.05. The molecule has 0 N–H and O–H groups in total. The number of carbonyl (C=O) groups is 1. The minimum Gasteiger partial charge on any atom is -0.312 e. The number of hydrogen-bond donors (Lipinski definition) is 0. The van der Waals surface area contributed by atoms with Gasteiger partial charge in [-0.15, -0.1) is 0 Å². The maximum atomic E-state index is 11.4. The Bertz CT molecular complexity index is 276. The van der Waals surface area contributed by atoms with Gasteiger partial charge in [0.1, 0.15) is 0 Å². The van der Waals surface area contributed by atoms with Gasteiger partial charge >= 0.3 is 0 Å². The summed E-state index contributed by atoms with van der Waals surface area (Å²) < 4.78 is 0. The molecule has 2 aliphatic rings. The van der Waals surface area contributed by atoms with Crippen LogP contribution in [-0.2, 0) is 4.79 Å². The van der Waals surface area contributed by atoms with Gasteiger partial charge in [0.05, 0.1) is 0 Å². The third-order valence-electron chi connectivity index (χ3n) is 2.49. The summed E-state index contributed by atoms with van der Waals surface area (Å²) in [5.41, 5.74) is 2.41. The Labute approximate surface area is 72.6 Å². The average molecular weight is 163 g/mol. The van der Waals surface area contributed by atoms with E-state index in [2.05, 4.69) is 19.1 Å². The number of allylic oxidation sites excluding steroid dienone is 2. The molecule has 2 nitrogen and oxygen atoms in total. The van der Waals surface area contributed by atoms with Crippen molar-refractivity contribution in [3.63, 3.8) is 0 Å². The molecule has 2 heterocycles. The maximum Gasteiger partial charge on any atom is 0.227 e. The minimum atomic E-state index is 0.292. The Balaban J connectivity index is 2.35. The van der Waals surface area contributed by atoms with E-state index in [1.54, 1.807) is 0 Å². The van der Waals surface area contributed by atoms with Gasteiger partial charge in [-0.05, 0) is 25.3 Å². The molecular weight excluding hydrogens is 150 g/mol. The van der Waals surface area contributed by atoms with Crippen molar-refractivity contribution < 1.29 is 4.79 Å². The first-order valence-corrected chi connectivity index (χ1v) is 4.46. The zero-order chi connectivity index (χ0) is 8.55. The van der Waals surface area contributed by atoms with Crippen LogP contribution in [0.25, 0.3) is 0 Å². The summed E-state index contributed by atoms with van der Waals surface area (Å²) in [6, 6.07) is 0. The molecule has 64 valence electrons. The van der Waals surface area contributed by atoms with Crippen LogP contribution >= 0.6 is 0 Å². The third-order valence-corrected chi connectivity index (χ3v) is 2.49. The molecule has 0 aromatic heterocycles. The van der Waals surface area contributed by atoms with Crippen LogP contribution in [0.2, 0.25) is 0 Å². The normalized spacial score (nSPS) is 23.1. The first-order valence-electron chi connectivity index (χ1n) is 4.46. The molecule has 0 saturated carbocycles. The highest BCUT2D eigenvalue weighted by Crippen LogP contribution is 2.26. The Morgan fingerprint density at radius 2 is 2.17 bits per heavy atom. The SMILES string of the molecule is CC1=CCCN2C(=O)CCC=C12. The van der Waals surface area contributed by atoms with Crippen LogP contribution in [0.5, 0.6) is 0 Å². The molecule has 1 amide bonds. The van der Waals surface area contributed by atoms with Crippen molar-refractivity contribution in [2.24, 2.45) is 0 Å². The summed E-state index contributed by atoms with van der Waals surface area (Å²) in [5.74, 6) is 0.292. The second-order valence-corrected chi connectivity index (χ2v) is 3.35. The van der Waals surface area contributed by atoms with Crippen molar-refractivity contribution >= 4 is 5.91 Å². The Morgan fingerprint density at radius 1 is 1.33 bits per heavy atom. The zero-order valence-electron chi connectivity index (χ0n) is 7.34. The number of hydrogen-bond acceptors (Lipinski definition) is 1. The molecule has 2 aliphatic heterocycles. The highest BCUT2D eigenvalue weighted by molar-refractivity contribution is 5.80. The predicted molar refractivity (Wildman–Crippen MR) is 47.4 cm³/mol. The minimum absolute atomic E-state index is 0.292. The molecule has 0 atom stereocenters. The molecule has 0 unspecified atom stereocenters. The molecule has 0 fully saturated rings. The largest absolute Gasteiger partial charge is 0.312 e. The van der Waals surface area contributed by atoms with Crippen molar-refractivity contribution in [1.82, 2.24) is 4.90 Å². The van der Waals surface area contributed by atoms with Gasteiger partial charge in [0.25, 0.3) is 0 Å². The van der Waals surface area contributed by atoms with Crippen LogP contribution < -0.4 is 0 Å². The Kier molecular flexibility index (Phi) is 1.75. The van der Waals surface area contributed by atoms with Crippen LogP contribution in [0, 0.1) is 0 Å². The van der Waals surface area contributed by atoms with E-state index in [0.29, 0.717) is 12.3 Å². The first kappa shape index (κ1) is 7.59. The fourth-order valence-electron chi connectivity index (χ4n) is 1.85. The summed E-state index contributed by atoms with van der Waals surface area (Å²) in [4.78, 5) is 13.3. The highest BCUT2D eigenvalue weighted by atomic mass is 16.2. The molecule has 2 heteroatoms. The van der Waals surface area contributed by atoms with E-state index in [-0.39, 0.29) is 0 Å². The second kappa shape index (κ2) is 2.77. The molecule has 0 spiro atoms. The Morgan fingerprint density at radius 3 is 2.92 bits per heavy atom. The zero-order valence-corrected chi connectivity index (χ0v) is 7.34. The van der Waals surface area contributed by atoms with Gasteiger partial charge in [-0.3, -0.25) is 4.79 Å². The highest BCUT2D eigenvalue weighted by Gasteiger charge is 2.23. The quantitative estimate of drug-likeness (QED) is 0.533. The van der Waals surface area contributed by atoms with Crippen LogP contribution in [-0.4, -0.2) is 17.4 Å². The molecular formula is C10H13NO. The third kappa shape index (κ3) is 1.07. The molecule has 0 aromatic rings. The van der Waals surface area contributed by atoms with Gasteiger partial charge in [0.15, 0.2) is 0 Å². The van der Waals surface area contributed by atoms with E-state index in [1.165, 1.54) is 5.57 Å². The van der Waals surface area contributed by atoms with Crippen LogP contribution in [0.3, 0.4) is 0 Å². The summed E-state index contributed by atoms with van der Waals surface area (Å²) in [6.07, 6.45) is 6.99. The van der Waals surface area contributed by atoms with E-state index >= 15 is 0 Å². The lowest BCUT2D eigenvalue weighted by Gasteiger charge is -2.32. The van der Waals surface area contributed by atoms with Crippen molar-refractivity contribution in [1.29, 1.82) is 0 Å². The van der Waals surface area contributed by atoms with E-state index in [0.717, 1.165) is 25.1 Å². The van der Waals surface area contributed by atoms with Gasteiger partial charge in [0.2, 0.25) is 5.91 Å². The monoisotopic (exact) mass is 163 g/mol. The van der Waals surface area contributed by atoms with Gasteiger partial charge in [-0.1, -0.05) is 12.2 Å². The molecule has 2 rings (SSSR count). The number of nitrogens with zero attached hydrogens (tertiary/aromatic N) is 1. The lowest BCUT2D eigenvalue weighted by molar-refractivity contribution is -0.129. The lowest BCUT2D eigenvalue weighted by Crippen LogP contribution is -2.35. The molecule has 0 bridgehead atoms. The van der Waals surface area contributed by atoms with Crippen molar-refractivity contribution in [2.45, 2.75) is 26.2 Å². The smallest absolute Gasteiger partial charge is 0.227 e. The molecule has 0 aromatic carbocycles. The topological polar surface area (TPSA) is 20.3 Å². The lowest BCUT2D eigenvalue weighted by atomic mass is 10.0. The fraction of sp³-hybridized carbons (Fsp3) is 0.500. The van der Waals surface area contributed by atoms with Gasteiger partial charge in [-0.2, -0.15) is 0 Å². The molecule has 0 radical (unpaired) electrons.